The Kier molecular flexibility index (Phi) is 5.80. The molecule has 0 fully saturated rings. The number of anilines is 2. The standard InChI is InChI=1S/C29H26N2O2S/c1-18-6-10-22(11-7-18)25-17-34-29(30-25)31(26-13-19(2)5-9-21(26)4)28(32)15-23-16-33-27-14-20(3)8-12-24(23)27/h5-14,16-17H,15H2,1-4H3. The average molecular weight is 467 g/mol. The number of carbonyl (C=O) groups excluding carboxylic acids is 1. The molecule has 2 aromatic heterocycles. The number of hydrogen-bond donors (Lipinski definition) is 0. The highest BCUT2D eigenvalue weighted by Gasteiger charge is 2.25. The predicted molar refractivity (Wildman–Crippen MR) is 140 cm³/mol. The first-order chi connectivity index (χ1) is 16.4. The fraction of sp³-hybridized carbons (Fsp3) is 0.172. The van der Waals surface area contributed by atoms with Crippen molar-refractivity contribution in [3.63, 3.8) is 0 Å². The molecule has 1 amide bonds. The first kappa shape index (κ1) is 22.1. The molecule has 4 nitrogen and oxygen atoms in total. The predicted octanol–water partition coefficient (Wildman–Crippen LogP) is 7.70. The Morgan fingerprint density at radius 2 is 1.62 bits per heavy atom. The maximum absolute atomic E-state index is 13.8. The van der Waals surface area contributed by atoms with Crippen LogP contribution in [0.1, 0.15) is 27.8 Å². The lowest BCUT2D eigenvalue weighted by atomic mass is 10.1. The molecule has 0 spiro atoms. The van der Waals surface area contributed by atoms with E-state index in [2.05, 4.69) is 49.4 Å². The van der Waals surface area contributed by atoms with Gasteiger partial charge in [-0.1, -0.05) is 54.1 Å². The summed E-state index contributed by atoms with van der Waals surface area (Å²) in [7, 11) is 0. The van der Waals surface area contributed by atoms with Crippen LogP contribution in [0.15, 0.2) is 76.7 Å². The lowest BCUT2D eigenvalue weighted by Gasteiger charge is -2.22. The molecule has 5 aromatic rings. The summed E-state index contributed by atoms with van der Waals surface area (Å²) in [6.45, 7) is 8.16. The summed E-state index contributed by atoms with van der Waals surface area (Å²) in [6, 6.07) is 20.5. The Morgan fingerprint density at radius 1 is 0.912 bits per heavy atom. The Labute approximate surface area is 203 Å². The van der Waals surface area contributed by atoms with Gasteiger partial charge in [0.05, 0.1) is 24.1 Å². The van der Waals surface area contributed by atoms with Gasteiger partial charge in [0.15, 0.2) is 5.13 Å². The number of thiazole rings is 1. The molecule has 5 heteroatoms. The van der Waals surface area contributed by atoms with Gasteiger partial charge in [0.25, 0.3) is 0 Å². The number of aromatic nitrogens is 1. The van der Waals surface area contributed by atoms with Gasteiger partial charge in [0.1, 0.15) is 5.58 Å². The highest BCUT2D eigenvalue weighted by atomic mass is 32.1. The minimum Gasteiger partial charge on any atom is -0.464 e. The van der Waals surface area contributed by atoms with Crippen LogP contribution in [-0.4, -0.2) is 10.9 Å². The molecule has 0 radical (unpaired) electrons. The van der Waals surface area contributed by atoms with Crippen molar-refractivity contribution in [3.8, 4) is 11.3 Å². The number of amides is 1. The summed E-state index contributed by atoms with van der Waals surface area (Å²) in [5.74, 6) is -0.0400. The summed E-state index contributed by atoms with van der Waals surface area (Å²) in [5, 5.41) is 3.65. The van der Waals surface area contributed by atoms with Gasteiger partial charge in [-0.15, -0.1) is 11.3 Å². The molecule has 0 aliphatic heterocycles. The number of carbonyl (C=O) groups is 1. The third kappa shape index (κ3) is 4.27. The van der Waals surface area contributed by atoms with Crippen LogP contribution in [0.2, 0.25) is 0 Å². The molecule has 34 heavy (non-hydrogen) atoms. The van der Waals surface area contributed by atoms with Crippen LogP contribution in [0.25, 0.3) is 22.2 Å². The molecular weight excluding hydrogens is 440 g/mol. The van der Waals surface area contributed by atoms with Gasteiger partial charge < -0.3 is 4.42 Å². The van der Waals surface area contributed by atoms with Crippen LogP contribution in [0.3, 0.4) is 0 Å². The molecule has 0 unspecified atom stereocenters. The van der Waals surface area contributed by atoms with Gasteiger partial charge in [-0.25, -0.2) is 4.98 Å². The highest BCUT2D eigenvalue weighted by molar-refractivity contribution is 7.14. The number of rotatable bonds is 5. The first-order valence-electron chi connectivity index (χ1n) is 11.3. The van der Waals surface area contributed by atoms with Gasteiger partial charge in [-0.2, -0.15) is 0 Å². The van der Waals surface area contributed by atoms with Crippen molar-refractivity contribution >= 4 is 39.0 Å². The Bertz CT molecular complexity index is 1490. The third-order valence-corrected chi connectivity index (χ3v) is 6.86. The second-order valence-corrected chi connectivity index (χ2v) is 9.67. The van der Waals surface area contributed by atoms with Crippen LogP contribution < -0.4 is 4.90 Å². The number of aryl methyl sites for hydroxylation is 4. The van der Waals surface area contributed by atoms with E-state index in [-0.39, 0.29) is 12.3 Å². The maximum atomic E-state index is 13.8. The smallest absolute Gasteiger partial charge is 0.237 e. The maximum Gasteiger partial charge on any atom is 0.237 e. The lowest BCUT2D eigenvalue weighted by molar-refractivity contribution is -0.117. The number of fused-ring (bicyclic) bond motifs is 1. The van der Waals surface area contributed by atoms with Gasteiger partial charge in [-0.3, -0.25) is 9.69 Å². The minimum absolute atomic E-state index is 0.0400. The number of hydrogen-bond acceptors (Lipinski definition) is 4. The third-order valence-electron chi connectivity index (χ3n) is 6.04. The van der Waals surface area contributed by atoms with Crippen molar-refractivity contribution in [1.29, 1.82) is 0 Å². The molecule has 0 atom stereocenters. The molecule has 0 aliphatic rings. The van der Waals surface area contributed by atoms with Crippen LogP contribution >= 0.6 is 11.3 Å². The lowest BCUT2D eigenvalue weighted by Crippen LogP contribution is -2.28. The van der Waals surface area contributed by atoms with Gasteiger partial charge in [-0.05, 0) is 56.5 Å². The molecule has 0 bridgehead atoms. The molecule has 0 N–H and O–H groups in total. The Balaban J connectivity index is 1.55. The Morgan fingerprint density at radius 3 is 2.41 bits per heavy atom. The van der Waals surface area contributed by atoms with E-state index < -0.39 is 0 Å². The Hall–Kier alpha value is -3.70. The molecule has 0 saturated heterocycles. The zero-order valence-electron chi connectivity index (χ0n) is 19.8. The quantitative estimate of drug-likeness (QED) is 0.267. The molecule has 3 aromatic carbocycles. The van der Waals surface area contributed by atoms with Crippen molar-refractivity contribution in [2.75, 3.05) is 4.90 Å². The summed E-state index contributed by atoms with van der Waals surface area (Å²) in [5.41, 5.74) is 8.90. The van der Waals surface area contributed by atoms with E-state index in [4.69, 9.17) is 9.40 Å². The number of furan rings is 1. The van der Waals surface area contributed by atoms with Crippen LogP contribution in [0.4, 0.5) is 10.8 Å². The van der Waals surface area contributed by atoms with Gasteiger partial charge >= 0.3 is 0 Å². The van der Waals surface area contributed by atoms with Crippen LogP contribution in [0, 0.1) is 27.7 Å². The van der Waals surface area contributed by atoms with Crippen molar-refractivity contribution in [1.82, 2.24) is 4.98 Å². The summed E-state index contributed by atoms with van der Waals surface area (Å²) < 4.78 is 5.75. The summed E-state index contributed by atoms with van der Waals surface area (Å²) in [4.78, 5) is 20.5. The zero-order valence-corrected chi connectivity index (χ0v) is 20.6. The van der Waals surface area contributed by atoms with Crippen molar-refractivity contribution in [3.05, 3.63) is 100 Å². The van der Waals surface area contributed by atoms with E-state index in [1.54, 1.807) is 11.2 Å². The minimum atomic E-state index is -0.0400. The molecule has 170 valence electrons. The second kappa shape index (κ2) is 8.92. The van der Waals surface area contributed by atoms with E-state index in [0.717, 1.165) is 50.2 Å². The van der Waals surface area contributed by atoms with E-state index in [0.29, 0.717) is 5.13 Å². The zero-order chi connectivity index (χ0) is 23.8. The van der Waals surface area contributed by atoms with Crippen LogP contribution in [0.5, 0.6) is 0 Å². The first-order valence-corrected chi connectivity index (χ1v) is 12.2. The van der Waals surface area contributed by atoms with E-state index in [1.807, 2.05) is 44.4 Å². The summed E-state index contributed by atoms with van der Waals surface area (Å²) in [6.07, 6.45) is 1.92. The molecule has 5 rings (SSSR count). The van der Waals surface area contributed by atoms with Crippen molar-refractivity contribution in [2.45, 2.75) is 34.1 Å². The molecule has 0 saturated carbocycles. The SMILES string of the molecule is Cc1ccc(-c2csc(N(C(=O)Cc3coc4cc(C)ccc34)c3cc(C)ccc3C)n2)cc1. The fourth-order valence-electron chi connectivity index (χ4n) is 4.10. The summed E-state index contributed by atoms with van der Waals surface area (Å²) >= 11 is 1.48. The number of nitrogens with zero attached hydrogens (tertiary/aromatic N) is 2. The van der Waals surface area contributed by atoms with Crippen molar-refractivity contribution < 1.29 is 9.21 Å². The van der Waals surface area contributed by atoms with Crippen LogP contribution in [-0.2, 0) is 11.2 Å². The largest absolute Gasteiger partial charge is 0.464 e. The second-order valence-electron chi connectivity index (χ2n) is 8.84. The highest BCUT2D eigenvalue weighted by Crippen LogP contribution is 2.35. The van der Waals surface area contributed by atoms with Gasteiger partial charge in [0, 0.05) is 21.9 Å². The molecule has 2 heterocycles. The van der Waals surface area contributed by atoms with E-state index >= 15 is 0 Å². The number of benzene rings is 3. The van der Waals surface area contributed by atoms with Crippen molar-refractivity contribution in [2.24, 2.45) is 0 Å². The van der Waals surface area contributed by atoms with E-state index in [9.17, 15) is 4.79 Å². The molecular formula is C29H26N2O2S. The monoisotopic (exact) mass is 466 g/mol. The fourth-order valence-corrected chi connectivity index (χ4v) is 4.96. The topological polar surface area (TPSA) is 46.3 Å². The van der Waals surface area contributed by atoms with Gasteiger partial charge in [0.2, 0.25) is 5.91 Å². The average Bonchev–Trinajstić information content (AvgIpc) is 3.44. The molecule has 0 aliphatic carbocycles. The normalized spacial score (nSPS) is 11.2. The van der Waals surface area contributed by atoms with E-state index in [1.165, 1.54) is 16.9 Å².